The molecule has 0 N–H and O–H groups in total. The highest BCUT2D eigenvalue weighted by molar-refractivity contribution is 8.16. The predicted octanol–water partition coefficient (Wildman–Crippen LogP) is 7.22. The van der Waals surface area contributed by atoms with Gasteiger partial charge in [-0.15, -0.1) is 11.8 Å². The lowest BCUT2D eigenvalue weighted by Gasteiger charge is -2.39. The van der Waals surface area contributed by atoms with Crippen LogP contribution in [0.4, 0.5) is 5.69 Å². The first-order valence-electron chi connectivity index (χ1n) is 10.3. The number of nitro groups is 1. The number of hydrogen-bond donors (Lipinski definition) is 0. The molecule has 162 valence electrons. The number of non-ortho nitro benzene ring substituents is 1. The summed E-state index contributed by atoms with van der Waals surface area (Å²) in [5.41, 5.74) is 6.58. The molecule has 6 rings (SSSR count). The number of thioether (sulfide) groups is 2. The predicted molar refractivity (Wildman–Crippen MR) is 136 cm³/mol. The average molecular weight is 490 g/mol. The van der Waals surface area contributed by atoms with E-state index in [0.717, 1.165) is 33.4 Å². The molecule has 0 bridgehead atoms. The van der Waals surface area contributed by atoms with Crippen LogP contribution in [0, 0.1) is 10.1 Å². The molecule has 33 heavy (non-hydrogen) atoms. The number of aliphatic imine (C=N–C) groups is 1. The summed E-state index contributed by atoms with van der Waals surface area (Å²) in [7, 11) is 0. The lowest BCUT2D eigenvalue weighted by Crippen LogP contribution is -2.34. The molecule has 3 heterocycles. The molecule has 0 fully saturated rings. The number of halogens is 1. The van der Waals surface area contributed by atoms with Crippen molar-refractivity contribution in [2.75, 3.05) is 5.75 Å². The standard InChI is InChI=1S/C25H16ClN3O2S2/c26-17-9-5-16(6-10-17)24-20-13-32-22-4-2-1-3-19(22)23(20)27-25-28(24)21(14-33-25)15-7-11-18(12-8-15)29(30)31/h1-12,14,24H,13H2. The third-order valence-corrected chi connectivity index (χ3v) is 8.14. The van der Waals surface area contributed by atoms with Gasteiger partial charge in [0.05, 0.1) is 22.4 Å². The Hall–Kier alpha value is -3.00. The van der Waals surface area contributed by atoms with Crippen LogP contribution in [0.1, 0.15) is 22.7 Å². The van der Waals surface area contributed by atoms with Crippen molar-refractivity contribution in [2.45, 2.75) is 10.9 Å². The van der Waals surface area contributed by atoms with E-state index >= 15 is 0 Å². The third kappa shape index (κ3) is 3.47. The molecule has 3 aliphatic heterocycles. The molecule has 8 heteroatoms. The molecule has 0 aliphatic carbocycles. The van der Waals surface area contributed by atoms with Gasteiger partial charge >= 0.3 is 0 Å². The summed E-state index contributed by atoms with van der Waals surface area (Å²) < 4.78 is 0. The Morgan fingerprint density at radius 1 is 1.03 bits per heavy atom. The number of fused-ring (bicyclic) bond motifs is 3. The van der Waals surface area contributed by atoms with Gasteiger partial charge in [-0.25, -0.2) is 4.99 Å². The molecule has 5 nitrogen and oxygen atoms in total. The van der Waals surface area contributed by atoms with Crippen LogP contribution in [0.2, 0.25) is 5.02 Å². The summed E-state index contributed by atoms with van der Waals surface area (Å²) in [4.78, 5) is 19.4. The third-order valence-electron chi connectivity index (χ3n) is 5.93. The van der Waals surface area contributed by atoms with Crippen molar-refractivity contribution in [2.24, 2.45) is 4.99 Å². The highest BCUT2D eigenvalue weighted by Crippen LogP contribution is 2.52. The van der Waals surface area contributed by atoms with Crippen LogP contribution in [-0.4, -0.2) is 20.7 Å². The zero-order valence-corrected chi connectivity index (χ0v) is 19.5. The first-order valence-corrected chi connectivity index (χ1v) is 12.5. The van der Waals surface area contributed by atoms with Crippen molar-refractivity contribution in [1.29, 1.82) is 0 Å². The van der Waals surface area contributed by atoms with E-state index in [4.69, 9.17) is 16.6 Å². The van der Waals surface area contributed by atoms with E-state index < -0.39 is 0 Å². The quantitative estimate of drug-likeness (QED) is 0.287. The van der Waals surface area contributed by atoms with Gasteiger partial charge in [0.2, 0.25) is 0 Å². The Kier molecular flexibility index (Phi) is 5.05. The van der Waals surface area contributed by atoms with Gasteiger partial charge in [-0.3, -0.25) is 10.1 Å². The van der Waals surface area contributed by atoms with E-state index in [2.05, 4.69) is 46.7 Å². The van der Waals surface area contributed by atoms with E-state index in [1.807, 2.05) is 23.9 Å². The Morgan fingerprint density at radius 3 is 2.55 bits per heavy atom. The second-order valence-electron chi connectivity index (χ2n) is 7.80. The first-order chi connectivity index (χ1) is 16.1. The van der Waals surface area contributed by atoms with Gasteiger partial charge in [-0.05, 0) is 47.0 Å². The van der Waals surface area contributed by atoms with E-state index in [1.54, 1.807) is 36.0 Å². The van der Waals surface area contributed by atoms with Gasteiger partial charge in [0.25, 0.3) is 5.69 Å². The zero-order valence-electron chi connectivity index (χ0n) is 17.1. The highest BCUT2D eigenvalue weighted by atomic mass is 35.5. The minimum absolute atomic E-state index is 0.0398. The highest BCUT2D eigenvalue weighted by Gasteiger charge is 2.40. The molecule has 0 amide bonds. The van der Waals surface area contributed by atoms with Crippen molar-refractivity contribution >= 4 is 57.4 Å². The van der Waals surface area contributed by atoms with Crippen LogP contribution in [0.5, 0.6) is 0 Å². The van der Waals surface area contributed by atoms with E-state index in [-0.39, 0.29) is 16.7 Å². The van der Waals surface area contributed by atoms with Crippen molar-refractivity contribution in [3.63, 3.8) is 0 Å². The van der Waals surface area contributed by atoms with Crippen molar-refractivity contribution < 1.29 is 4.92 Å². The van der Waals surface area contributed by atoms with Crippen LogP contribution in [-0.2, 0) is 0 Å². The monoisotopic (exact) mass is 489 g/mol. The maximum Gasteiger partial charge on any atom is 0.269 e. The summed E-state index contributed by atoms with van der Waals surface area (Å²) in [6.45, 7) is 0. The smallest absolute Gasteiger partial charge is 0.269 e. The van der Waals surface area contributed by atoms with Crippen molar-refractivity contribution in [1.82, 2.24) is 4.90 Å². The van der Waals surface area contributed by atoms with Crippen molar-refractivity contribution in [3.8, 4) is 0 Å². The molecule has 3 aromatic rings. The van der Waals surface area contributed by atoms with Gasteiger partial charge in [0, 0.05) is 38.8 Å². The lowest BCUT2D eigenvalue weighted by molar-refractivity contribution is -0.384. The Labute approximate surface area is 204 Å². The average Bonchev–Trinajstić information content (AvgIpc) is 3.27. The fraction of sp³-hybridized carbons (Fsp3) is 0.0800. The zero-order chi connectivity index (χ0) is 22.5. The van der Waals surface area contributed by atoms with Gasteiger partial charge in [-0.1, -0.05) is 53.7 Å². The number of benzene rings is 3. The molecule has 0 saturated heterocycles. The largest absolute Gasteiger partial charge is 0.308 e. The lowest BCUT2D eigenvalue weighted by atomic mass is 9.92. The maximum atomic E-state index is 11.1. The normalized spacial score (nSPS) is 18.8. The molecule has 3 aliphatic rings. The SMILES string of the molecule is O=[N+]([O-])c1ccc(C2=CSC3=NC4=C(CSc5ccccc54)C(c4ccc(Cl)cc4)N23)cc1. The van der Waals surface area contributed by atoms with Gasteiger partial charge in [0.15, 0.2) is 5.17 Å². The number of hydrogen-bond acceptors (Lipinski definition) is 6. The van der Waals surface area contributed by atoms with Crippen molar-refractivity contribution in [3.05, 3.63) is 116 Å². The van der Waals surface area contributed by atoms with Gasteiger partial charge in [0.1, 0.15) is 0 Å². The van der Waals surface area contributed by atoms with E-state index in [0.29, 0.717) is 5.02 Å². The Morgan fingerprint density at radius 2 is 1.79 bits per heavy atom. The van der Waals surface area contributed by atoms with Crippen LogP contribution in [0.25, 0.3) is 11.4 Å². The van der Waals surface area contributed by atoms with Crippen LogP contribution < -0.4 is 0 Å². The van der Waals surface area contributed by atoms with Crippen LogP contribution in [0.15, 0.2) is 93.7 Å². The van der Waals surface area contributed by atoms with E-state index in [9.17, 15) is 10.1 Å². The molecule has 1 atom stereocenters. The minimum atomic E-state index is -0.375. The number of nitrogens with zero attached hydrogens (tertiary/aromatic N) is 3. The maximum absolute atomic E-state index is 11.1. The van der Waals surface area contributed by atoms with Crippen LogP contribution in [0.3, 0.4) is 0 Å². The number of amidine groups is 1. The van der Waals surface area contributed by atoms with Crippen LogP contribution >= 0.6 is 35.1 Å². The molecular weight excluding hydrogens is 474 g/mol. The van der Waals surface area contributed by atoms with E-state index in [1.165, 1.54) is 16.0 Å². The second-order valence-corrected chi connectivity index (χ2v) is 10.1. The van der Waals surface area contributed by atoms with Gasteiger partial charge in [-0.2, -0.15) is 0 Å². The summed E-state index contributed by atoms with van der Waals surface area (Å²) in [5, 5.41) is 14.8. The topological polar surface area (TPSA) is 58.7 Å². The summed E-state index contributed by atoms with van der Waals surface area (Å²) in [6.07, 6.45) is 0. The van der Waals surface area contributed by atoms with Gasteiger partial charge < -0.3 is 4.90 Å². The number of rotatable bonds is 3. The molecule has 0 saturated carbocycles. The molecule has 3 aromatic carbocycles. The summed E-state index contributed by atoms with van der Waals surface area (Å²) in [5.74, 6) is 0.838. The summed E-state index contributed by atoms with van der Waals surface area (Å²) in [6, 6.07) is 23.1. The second kappa shape index (κ2) is 8.09. The molecule has 0 radical (unpaired) electrons. The fourth-order valence-electron chi connectivity index (χ4n) is 4.39. The number of nitro benzene ring substituents is 1. The molecular formula is C25H16ClN3O2S2. The molecule has 1 unspecified atom stereocenters. The molecule has 0 aromatic heterocycles. The first kappa shape index (κ1) is 20.6. The Bertz CT molecular complexity index is 1380. The minimum Gasteiger partial charge on any atom is -0.308 e. The molecule has 0 spiro atoms. The fourth-order valence-corrected chi connectivity index (χ4v) is 6.54. The summed E-state index contributed by atoms with van der Waals surface area (Å²) >= 11 is 9.62. The Balaban J connectivity index is 1.50.